The molecular weight excluding hydrogens is 358 g/mol. The molecule has 27 heavy (non-hydrogen) atoms. The molecule has 0 saturated carbocycles. The lowest BCUT2D eigenvalue weighted by Crippen LogP contribution is -2.34. The van der Waals surface area contributed by atoms with Gasteiger partial charge >= 0.3 is 0 Å². The van der Waals surface area contributed by atoms with Crippen molar-refractivity contribution < 1.29 is 4.79 Å². The van der Waals surface area contributed by atoms with Crippen molar-refractivity contribution in [2.75, 3.05) is 5.32 Å². The maximum Gasteiger partial charge on any atom is 0.262 e. The third-order valence-electron chi connectivity index (χ3n) is 4.04. The van der Waals surface area contributed by atoms with Crippen LogP contribution in [0.15, 0.2) is 59.2 Å². The number of halogens is 1. The van der Waals surface area contributed by atoms with E-state index >= 15 is 0 Å². The van der Waals surface area contributed by atoms with Crippen LogP contribution in [0.25, 0.3) is 6.08 Å². The monoisotopic (exact) mass is 383 g/mol. The predicted molar refractivity (Wildman–Crippen MR) is 115 cm³/mol. The Morgan fingerprint density at radius 3 is 2.44 bits per heavy atom. The quantitative estimate of drug-likeness (QED) is 0.492. The van der Waals surface area contributed by atoms with Crippen LogP contribution in [0.3, 0.4) is 0 Å². The standard InChI is InChI=1S/C22H26ClN3O/c1-15(2)19-10-8-18(9-11-19)12-16(3)14-24-26-22(27)17(4)25-21-7-5-6-20(23)13-21/h5-15,17,25H,1-4H3,(H,26,27)/b16-12+,24-14+. The molecule has 1 unspecified atom stereocenters. The van der Waals surface area contributed by atoms with Crippen molar-refractivity contribution in [3.05, 3.63) is 70.3 Å². The summed E-state index contributed by atoms with van der Waals surface area (Å²) in [5, 5.41) is 7.74. The largest absolute Gasteiger partial charge is 0.374 e. The van der Waals surface area contributed by atoms with Crippen molar-refractivity contribution in [1.82, 2.24) is 5.43 Å². The van der Waals surface area contributed by atoms with Gasteiger partial charge in [0.1, 0.15) is 6.04 Å². The summed E-state index contributed by atoms with van der Waals surface area (Å²) in [4.78, 5) is 12.1. The van der Waals surface area contributed by atoms with Gasteiger partial charge < -0.3 is 5.32 Å². The van der Waals surface area contributed by atoms with Crippen LogP contribution in [0.5, 0.6) is 0 Å². The number of carbonyl (C=O) groups is 1. The number of nitrogens with one attached hydrogen (secondary N) is 2. The molecule has 1 atom stereocenters. The molecule has 1 amide bonds. The molecule has 0 aliphatic carbocycles. The number of nitrogens with zero attached hydrogens (tertiary/aromatic N) is 1. The SMILES string of the molecule is CC(/C=N/NC(=O)C(C)Nc1cccc(Cl)c1)=C\c1ccc(C(C)C)cc1. The molecule has 0 aliphatic heterocycles. The maximum absolute atomic E-state index is 12.1. The normalized spacial score (nSPS) is 13.0. The summed E-state index contributed by atoms with van der Waals surface area (Å²) < 4.78 is 0. The molecule has 5 heteroatoms. The number of rotatable bonds is 7. The fourth-order valence-corrected chi connectivity index (χ4v) is 2.66. The molecule has 2 aromatic rings. The van der Waals surface area contributed by atoms with Crippen molar-refractivity contribution in [2.24, 2.45) is 5.10 Å². The molecule has 2 N–H and O–H groups in total. The third kappa shape index (κ3) is 6.91. The molecule has 4 nitrogen and oxygen atoms in total. The van der Waals surface area contributed by atoms with Crippen molar-refractivity contribution >= 4 is 35.5 Å². The lowest BCUT2D eigenvalue weighted by Gasteiger charge is -2.13. The highest BCUT2D eigenvalue weighted by molar-refractivity contribution is 6.30. The van der Waals surface area contributed by atoms with E-state index in [0.717, 1.165) is 16.8 Å². The number of hydrazone groups is 1. The van der Waals surface area contributed by atoms with Gasteiger partial charge in [0.25, 0.3) is 5.91 Å². The average molecular weight is 384 g/mol. The van der Waals surface area contributed by atoms with Gasteiger partial charge in [-0.15, -0.1) is 0 Å². The number of allylic oxidation sites excluding steroid dienone is 1. The Balaban J connectivity index is 1.88. The van der Waals surface area contributed by atoms with Gasteiger partial charge in [0.2, 0.25) is 0 Å². The first-order valence-corrected chi connectivity index (χ1v) is 9.36. The average Bonchev–Trinajstić information content (AvgIpc) is 2.62. The van der Waals surface area contributed by atoms with Crippen molar-refractivity contribution in [2.45, 2.75) is 39.7 Å². The first kappa shape index (κ1) is 20.7. The zero-order chi connectivity index (χ0) is 19.8. The van der Waals surface area contributed by atoms with Crippen LogP contribution in [-0.2, 0) is 4.79 Å². The molecule has 0 bridgehead atoms. The summed E-state index contributed by atoms with van der Waals surface area (Å²) in [7, 11) is 0. The number of hydrogen-bond acceptors (Lipinski definition) is 3. The van der Waals surface area contributed by atoms with Crippen LogP contribution >= 0.6 is 11.6 Å². The minimum Gasteiger partial charge on any atom is -0.374 e. The van der Waals surface area contributed by atoms with Crippen LogP contribution in [-0.4, -0.2) is 18.2 Å². The number of anilines is 1. The molecule has 0 aliphatic rings. The molecular formula is C22H26ClN3O. The van der Waals surface area contributed by atoms with Crippen molar-refractivity contribution in [3.63, 3.8) is 0 Å². The summed E-state index contributed by atoms with van der Waals surface area (Å²) in [6, 6.07) is 15.2. The van der Waals surface area contributed by atoms with Crippen LogP contribution in [0.1, 0.15) is 44.7 Å². The minimum atomic E-state index is -0.437. The molecule has 2 aromatic carbocycles. The predicted octanol–water partition coefficient (Wildman–Crippen LogP) is 5.47. The Bertz CT molecular complexity index is 826. The smallest absolute Gasteiger partial charge is 0.262 e. The number of amides is 1. The molecule has 0 fully saturated rings. The highest BCUT2D eigenvalue weighted by atomic mass is 35.5. The van der Waals surface area contributed by atoms with Crippen LogP contribution in [0.4, 0.5) is 5.69 Å². The number of hydrogen-bond donors (Lipinski definition) is 2. The fraction of sp³-hybridized carbons (Fsp3) is 0.273. The summed E-state index contributed by atoms with van der Waals surface area (Å²) in [5.74, 6) is 0.295. The molecule has 0 aromatic heterocycles. The van der Waals surface area contributed by atoms with Gasteiger partial charge in [-0.3, -0.25) is 4.79 Å². The molecule has 0 heterocycles. The first-order chi connectivity index (χ1) is 12.8. The van der Waals surface area contributed by atoms with Gasteiger partial charge in [-0.1, -0.05) is 61.9 Å². The van der Waals surface area contributed by atoms with Crippen LogP contribution < -0.4 is 10.7 Å². The Morgan fingerprint density at radius 1 is 1.11 bits per heavy atom. The molecule has 0 radical (unpaired) electrons. The van der Waals surface area contributed by atoms with Crippen molar-refractivity contribution in [3.8, 4) is 0 Å². The van der Waals surface area contributed by atoms with Gasteiger partial charge in [-0.05, 0) is 54.7 Å². The van der Waals surface area contributed by atoms with E-state index in [1.165, 1.54) is 5.56 Å². The summed E-state index contributed by atoms with van der Waals surface area (Å²) in [6.07, 6.45) is 3.66. The second-order valence-electron chi connectivity index (χ2n) is 6.82. The summed E-state index contributed by atoms with van der Waals surface area (Å²) >= 11 is 5.95. The lowest BCUT2D eigenvalue weighted by atomic mass is 10.0. The third-order valence-corrected chi connectivity index (χ3v) is 4.28. The number of carbonyl (C=O) groups excluding carboxylic acids is 1. The van der Waals surface area contributed by atoms with E-state index in [1.807, 2.05) is 25.1 Å². The summed E-state index contributed by atoms with van der Waals surface area (Å²) in [5.41, 5.74) is 6.70. The van der Waals surface area contributed by atoms with Crippen LogP contribution in [0, 0.1) is 0 Å². The van der Waals surface area contributed by atoms with Gasteiger partial charge in [0, 0.05) is 10.7 Å². The Labute approximate surface area is 166 Å². The highest BCUT2D eigenvalue weighted by Gasteiger charge is 2.11. The van der Waals surface area contributed by atoms with E-state index in [1.54, 1.807) is 25.3 Å². The van der Waals surface area contributed by atoms with E-state index in [-0.39, 0.29) is 5.91 Å². The molecule has 0 saturated heterocycles. The molecule has 0 spiro atoms. The second kappa shape index (κ2) is 9.93. The van der Waals surface area contributed by atoms with E-state index in [0.29, 0.717) is 10.9 Å². The van der Waals surface area contributed by atoms with E-state index in [4.69, 9.17) is 11.6 Å². The van der Waals surface area contributed by atoms with Gasteiger partial charge in [0.15, 0.2) is 0 Å². The second-order valence-corrected chi connectivity index (χ2v) is 7.26. The maximum atomic E-state index is 12.1. The lowest BCUT2D eigenvalue weighted by molar-refractivity contribution is -0.121. The van der Waals surface area contributed by atoms with Gasteiger partial charge in [-0.25, -0.2) is 5.43 Å². The number of benzene rings is 2. The highest BCUT2D eigenvalue weighted by Crippen LogP contribution is 2.16. The zero-order valence-corrected chi connectivity index (χ0v) is 16.9. The summed E-state index contributed by atoms with van der Waals surface area (Å²) in [6.45, 7) is 8.06. The molecule has 2 rings (SSSR count). The first-order valence-electron chi connectivity index (χ1n) is 8.98. The Morgan fingerprint density at radius 2 is 1.81 bits per heavy atom. The van der Waals surface area contributed by atoms with E-state index < -0.39 is 6.04 Å². The van der Waals surface area contributed by atoms with Gasteiger partial charge in [0.05, 0.1) is 6.21 Å². The van der Waals surface area contributed by atoms with Crippen molar-refractivity contribution in [1.29, 1.82) is 0 Å². The Kier molecular flexibility index (Phi) is 7.62. The van der Waals surface area contributed by atoms with E-state index in [9.17, 15) is 4.79 Å². The fourth-order valence-electron chi connectivity index (χ4n) is 2.47. The zero-order valence-electron chi connectivity index (χ0n) is 16.2. The van der Waals surface area contributed by atoms with E-state index in [2.05, 4.69) is 54.0 Å². The Hall–Kier alpha value is -2.59. The minimum absolute atomic E-state index is 0.222. The van der Waals surface area contributed by atoms with Crippen LogP contribution in [0.2, 0.25) is 5.02 Å². The molecule has 142 valence electrons. The topological polar surface area (TPSA) is 53.5 Å². The van der Waals surface area contributed by atoms with Gasteiger partial charge in [-0.2, -0.15) is 5.10 Å².